The lowest BCUT2D eigenvalue weighted by molar-refractivity contribution is -0.0951. The molecule has 1 aliphatic carbocycles. The summed E-state index contributed by atoms with van der Waals surface area (Å²) < 4.78 is 50.2. The van der Waals surface area contributed by atoms with Gasteiger partial charge in [-0.3, -0.25) is 24.3 Å². The Balaban J connectivity index is 1.08. The van der Waals surface area contributed by atoms with Crippen molar-refractivity contribution in [3.63, 3.8) is 0 Å². The summed E-state index contributed by atoms with van der Waals surface area (Å²) in [5, 5.41) is 15.6. The van der Waals surface area contributed by atoms with Gasteiger partial charge < -0.3 is 43.2 Å². The number of nitriles is 1. The van der Waals surface area contributed by atoms with Crippen molar-refractivity contribution in [2.45, 2.75) is 88.7 Å². The fraction of sp³-hybridized carbons (Fsp3) is 0.377. The van der Waals surface area contributed by atoms with Crippen molar-refractivity contribution in [2.24, 2.45) is 0 Å². The lowest BCUT2D eigenvalue weighted by Crippen LogP contribution is -2.43. The first-order valence-electron chi connectivity index (χ1n) is 27.1. The van der Waals surface area contributed by atoms with Crippen LogP contribution in [0.5, 0.6) is 11.5 Å². The van der Waals surface area contributed by atoms with E-state index in [1.165, 1.54) is 11.2 Å². The van der Waals surface area contributed by atoms with Crippen LogP contribution in [0.15, 0.2) is 139 Å². The van der Waals surface area contributed by atoms with Gasteiger partial charge in [0.05, 0.1) is 33.2 Å². The molecular formula is C61H70N9O10P. The number of rotatable bonds is 24. The number of benzene rings is 5. The first-order chi connectivity index (χ1) is 39.3. The monoisotopic (exact) mass is 1120 g/mol. The van der Waals surface area contributed by atoms with Crippen LogP contribution in [0.1, 0.15) is 80.5 Å². The Kier molecular flexibility index (Phi) is 18.8. The number of nitrogens with one attached hydrogen (secondary N) is 3. The molecule has 0 bridgehead atoms. The molecular weight excluding hydrogens is 1050 g/mol. The van der Waals surface area contributed by atoms with Gasteiger partial charge >= 0.3 is 12.1 Å². The van der Waals surface area contributed by atoms with Crippen molar-refractivity contribution in [1.82, 2.24) is 34.4 Å². The zero-order chi connectivity index (χ0) is 57.2. The number of alkyl carbamates (subject to hydrolysis) is 1. The summed E-state index contributed by atoms with van der Waals surface area (Å²) in [4.78, 5) is 53.2. The number of imidazole rings is 1. The number of methoxy groups -OCH3 is 2. The van der Waals surface area contributed by atoms with Crippen LogP contribution in [0.4, 0.5) is 15.5 Å². The van der Waals surface area contributed by atoms with Crippen LogP contribution in [0.25, 0.3) is 22.3 Å². The maximum absolute atomic E-state index is 13.7. The molecule has 0 spiro atoms. The van der Waals surface area contributed by atoms with E-state index in [4.69, 9.17) is 37.9 Å². The largest absolute Gasteiger partial charge is 0.497 e. The Hall–Kier alpha value is -7.69. The number of H-pyrrole nitrogens is 1. The van der Waals surface area contributed by atoms with Crippen molar-refractivity contribution < 1.29 is 42.5 Å². The average Bonchev–Trinajstić information content (AvgIpc) is 4.20. The number of ether oxygens (including phenoxy) is 6. The molecule has 1 saturated heterocycles. The molecule has 0 saturated carbocycles. The Morgan fingerprint density at radius 3 is 1.99 bits per heavy atom. The van der Waals surface area contributed by atoms with Gasteiger partial charge in [0.15, 0.2) is 17.4 Å². The number of aromatic nitrogens is 4. The predicted molar refractivity (Wildman–Crippen MR) is 309 cm³/mol. The number of amides is 3. The van der Waals surface area contributed by atoms with Crippen LogP contribution in [0.3, 0.4) is 0 Å². The van der Waals surface area contributed by atoms with Crippen LogP contribution in [0, 0.1) is 11.3 Å². The molecule has 3 N–H and O–H groups in total. The van der Waals surface area contributed by atoms with Crippen LogP contribution < -0.4 is 25.7 Å². The number of urea groups is 1. The summed E-state index contributed by atoms with van der Waals surface area (Å²) in [7, 11) is 4.86. The molecule has 2 aromatic heterocycles. The third-order valence-electron chi connectivity index (χ3n) is 14.5. The molecule has 81 heavy (non-hydrogen) atoms. The summed E-state index contributed by atoms with van der Waals surface area (Å²) >= 11 is 0. The second-order valence-electron chi connectivity index (χ2n) is 20.5. The second-order valence-corrected chi connectivity index (χ2v) is 22.3. The number of nitrogens with zero attached hydrogens (tertiary/aromatic N) is 6. The van der Waals surface area contributed by atoms with E-state index in [2.05, 4.69) is 83.3 Å². The summed E-state index contributed by atoms with van der Waals surface area (Å²) in [6, 6.07) is 43.6. The molecule has 7 aromatic rings. The number of anilines is 1. The molecule has 2 aliphatic rings. The predicted octanol–water partition coefficient (Wildman–Crippen LogP) is 10.2. The maximum atomic E-state index is 13.7. The lowest BCUT2D eigenvalue weighted by atomic mass is 9.80. The number of hydrogen-bond donors (Lipinski definition) is 3. The Labute approximate surface area is 473 Å². The quantitative estimate of drug-likeness (QED) is 0.0292. The Morgan fingerprint density at radius 2 is 1.41 bits per heavy atom. The van der Waals surface area contributed by atoms with Gasteiger partial charge in [-0.2, -0.15) is 10.2 Å². The third kappa shape index (κ3) is 12.6. The smallest absolute Gasteiger partial charge is 0.407 e. The minimum atomic E-state index is -1.52. The van der Waals surface area contributed by atoms with Gasteiger partial charge in [-0.25, -0.2) is 14.6 Å². The molecule has 3 heterocycles. The summed E-state index contributed by atoms with van der Waals surface area (Å²) in [6.07, 6.45) is -1.93. The highest BCUT2D eigenvalue weighted by atomic mass is 31.2. The fourth-order valence-electron chi connectivity index (χ4n) is 10.8. The van der Waals surface area contributed by atoms with Crippen LogP contribution in [-0.4, -0.2) is 132 Å². The van der Waals surface area contributed by atoms with Gasteiger partial charge in [0.2, 0.25) is 5.95 Å². The normalized spacial score (nSPS) is 17.2. The molecule has 5 aromatic carbocycles. The molecule has 424 valence electrons. The summed E-state index contributed by atoms with van der Waals surface area (Å²) in [5.74, 6) is 1.12. The first kappa shape index (κ1) is 58.0. The molecule has 1 unspecified atom stereocenters. The Morgan fingerprint density at radius 1 is 0.815 bits per heavy atom. The lowest BCUT2D eigenvalue weighted by Gasteiger charge is -2.40. The number of carbonyl (C=O) groups excluding carboxylic acids is 2. The van der Waals surface area contributed by atoms with Gasteiger partial charge in [-0.05, 0) is 97.3 Å². The highest BCUT2D eigenvalue weighted by Gasteiger charge is 2.51. The van der Waals surface area contributed by atoms with Crippen LogP contribution in [-0.2, 0) is 29.1 Å². The number of hydrogen-bond acceptors (Lipinski definition) is 14. The maximum Gasteiger partial charge on any atom is 0.407 e. The van der Waals surface area contributed by atoms with Crippen molar-refractivity contribution in [1.29, 1.82) is 5.26 Å². The first-order valence-corrected chi connectivity index (χ1v) is 28.5. The topological polar surface area (TPSA) is 217 Å². The zero-order valence-corrected chi connectivity index (χ0v) is 47.8. The fourth-order valence-corrected chi connectivity index (χ4v) is 13.1. The van der Waals surface area contributed by atoms with Gasteiger partial charge in [0, 0.05) is 57.8 Å². The van der Waals surface area contributed by atoms with Crippen molar-refractivity contribution in [3.05, 3.63) is 172 Å². The van der Waals surface area contributed by atoms with Crippen molar-refractivity contribution in [2.75, 3.05) is 66.2 Å². The van der Waals surface area contributed by atoms with E-state index < -0.39 is 56.1 Å². The molecule has 20 heteroatoms. The van der Waals surface area contributed by atoms with E-state index in [0.29, 0.717) is 24.1 Å². The van der Waals surface area contributed by atoms with E-state index >= 15 is 0 Å². The molecule has 9 rings (SSSR count). The third-order valence-corrected chi connectivity index (χ3v) is 17.0. The summed E-state index contributed by atoms with van der Waals surface area (Å²) in [5.41, 5.74) is 5.15. The molecule has 5 atom stereocenters. The van der Waals surface area contributed by atoms with Crippen LogP contribution >= 0.6 is 8.30 Å². The zero-order valence-electron chi connectivity index (χ0n) is 46.9. The second kappa shape index (κ2) is 26.3. The number of aromatic amines is 1. The Bertz CT molecular complexity index is 3250. The van der Waals surface area contributed by atoms with Gasteiger partial charge in [0.25, 0.3) is 5.56 Å². The van der Waals surface area contributed by atoms with Crippen LogP contribution in [0.2, 0.25) is 0 Å². The van der Waals surface area contributed by atoms with E-state index in [1.807, 2.05) is 103 Å². The minimum absolute atomic E-state index is 0.00571. The molecule has 19 nitrogen and oxygen atoms in total. The standard InChI is InChI=1S/C61H70N9O10P/c1-39(2)70(40(3)4)81(35-16-32-62)80-53-51(37-78-61(41-18-10-9-11-19-41,42-24-28-44(74-7)29-25-42)43-26-30-45(75-8)31-27-43)79-57(69-38-64-52-55(69)65-58(66-56(52)71)67-59(72)68(5)6)54(53)76-34-17-33-63-60(73)77-36-50-48-22-14-12-20-46(48)47-21-13-15-23-49(47)50/h9-15,18-31,38-40,50-51,53-54,57H,16-17,33-37H2,1-8H3,(H,63,73)(H2,65,66,67,71,72)/t51-,53-,54-,57-,81?/m1/s1. The average molecular weight is 1120 g/mol. The minimum Gasteiger partial charge on any atom is -0.497 e. The highest BCUT2D eigenvalue weighted by Crippen LogP contribution is 2.51. The van der Waals surface area contributed by atoms with Crippen molar-refractivity contribution >= 4 is 37.5 Å². The molecule has 1 aliphatic heterocycles. The van der Waals surface area contributed by atoms with E-state index in [9.17, 15) is 19.6 Å². The highest BCUT2D eigenvalue weighted by molar-refractivity contribution is 7.50. The van der Waals surface area contributed by atoms with Gasteiger partial charge in [-0.1, -0.05) is 103 Å². The van der Waals surface area contributed by atoms with Crippen molar-refractivity contribution in [3.8, 4) is 28.7 Å². The van der Waals surface area contributed by atoms with Gasteiger partial charge in [-0.15, -0.1) is 0 Å². The summed E-state index contributed by atoms with van der Waals surface area (Å²) in [6.45, 7) is 8.78. The molecule has 3 amide bonds. The SMILES string of the molecule is COc1ccc(C(OC[C@H]2O[C@@H](n3cnc4c(=O)[nH]c(NC(=O)N(C)C)nc43)[C@H](OCCCNC(=O)OCC3c4ccccc4-c4ccccc43)[C@@H]2OP(CCC#N)N(C(C)C)C(C)C)(c2ccccc2)c2ccc(OC)cc2)cc1. The van der Waals surface area contributed by atoms with Gasteiger partial charge in [0.1, 0.15) is 50.3 Å². The van der Waals surface area contributed by atoms with E-state index in [1.54, 1.807) is 32.9 Å². The van der Waals surface area contributed by atoms with E-state index in [-0.39, 0.29) is 67.9 Å². The molecule has 0 radical (unpaired) electrons. The molecule has 1 fully saturated rings. The number of fused-ring (bicyclic) bond motifs is 4. The van der Waals surface area contributed by atoms with E-state index in [0.717, 1.165) is 38.9 Å². The number of carbonyl (C=O) groups is 2.